The van der Waals surface area contributed by atoms with Crippen molar-refractivity contribution in [2.24, 2.45) is 5.10 Å². The molecule has 9 heteroatoms. The van der Waals surface area contributed by atoms with E-state index in [1.54, 1.807) is 31.2 Å². The third-order valence-electron chi connectivity index (χ3n) is 3.23. The van der Waals surface area contributed by atoms with E-state index in [9.17, 15) is 19.7 Å². The number of rotatable bonds is 6. The van der Waals surface area contributed by atoms with Crippen molar-refractivity contribution in [1.29, 1.82) is 0 Å². The van der Waals surface area contributed by atoms with E-state index in [-0.39, 0.29) is 17.8 Å². The van der Waals surface area contributed by atoms with E-state index in [1.807, 2.05) is 0 Å². The van der Waals surface area contributed by atoms with E-state index in [2.05, 4.69) is 15.8 Å². The molecule has 0 saturated carbocycles. The lowest BCUT2D eigenvalue weighted by atomic mass is 10.2. The molecular weight excluding hydrogens is 360 g/mol. The first-order valence-electron chi connectivity index (χ1n) is 7.49. The Kier molecular flexibility index (Phi) is 6.40. The first kappa shape index (κ1) is 19.1. The van der Waals surface area contributed by atoms with Crippen LogP contribution in [0.1, 0.15) is 23.7 Å². The SMILES string of the molecule is C/C(CC(=O)Nc1ccccc1[N+](=O)[O-])=N/NC(=O)c1cccc(Cl)c1. The number of amides is 2. The number of para-hydroxylation sites is 2. The number of carbonyl (C=O) groups is 2. The molecule has 0 atom stereocenters. The first-order valence-corrected chi connectivity index (χ1v) is 7.87. The number of halogens is 1. The predicted octanol–water partition coefficient (Wildman–Crippen LogP) is 3.38. The minimum atomic E-state index is -0.582. The van der Waals surface area contributed by atoms with E-state index in [4.69, 9.17) is 11.6 Å². The molecule has 0 radical (unpaired) electrons. The number of anilines is 1. The third kappa shape index (κ3) is 5.38. The Morgan fingerprint density at radius 2 is 1.92 bits per heavy atom. The van der Waals surface area contributed by atoms with Gasteiger partial charge in [0.05, 0.1) is 11.3 Å². The van der Waals surface area contributed by atoms with Gasteiger partial charge in [-0.05, 0) is 31.2 Å². The molecule has 26 heavy (non-hydrogen) atoms. The number of hydrogen-bond donors (Lipinski definition) is 2. The standard InChI is InChI=1S/C17H15ClN4O4/c1-11(20-21-17(24)12-5-4-6-13(18)10-12)9-16(23)19-14-7-2-3-8-15(14)22(25)26/h2-8,10H,9H2,1H3,(H,19,23)(H,21,24)/b20-11-. The number of benzene rings is 2. The van der Waals surface area contributed by atoms with Gasteiger partial charge in [-0.25, -0.2) is 5.43 Å². The molecule has 2 aromatic carbocycles. The van der Waals surface area contributed by atoms with E-state index in [0.717, 1.165) is 0 Å². The molecule has 2 N–H and O–H groups in total. The summed E-state index contributed by atoms with van der Waals surface area (Å²) in [5, 5.41) is 17.7. The largest absolute Gasteiger partial charge is 0.320 e. The van der Waals surface area contributed by atoms with Crippen LogP contribution in [-0.4, -0.2) is 22.4 Å². The minimum absolute atomic E-state index is 0.0956. The summed E-state index contributed by atoms with van der Waals surface area (Å²) in [5.74, 6) is -0.955. The number of nitrogens with one attached hydrogen (secondary N) is 2. The van der Waals surface area contributed by atoms with Gasteiger partial charge in [0.1, 0.15) is 5.69 Å². The maximum atomic E-state index is 12.0. The minimum Gasteiger partial charge on any atom is -0.320 e. The lowest BCUT2D eigenvalue weighted by molar-refractivity contribution is -0.383. The Labute approximate surface area is 154 Å². The van der Waals surface area contributed by atoms with Gasteiger partial charge >= 0.3 is 0 Å². The molecule has 0 fully saturated rings. The first-order chi connectivity index (χ1) is 12.4. The maximum Gasteiger partial charge on any atom is 0.292 e. The van der Waals surface area contributed by atoms with Crippen LogP contribution in [-0.2, 0) is 4.79 Å². The molecule has 0 heterocycles. The molecule has 0 saturated heterocycles. The van der Waals surface area contributed by atoms with Crippen LogP contribution >= 0.6 is 11.6 Å². The van der Waals surface area contributed by atoms with Gasteiger partial charge in [-0.2, -0.15) is 5.10 Å². The highest BCUT2D eigenvalue weighted by Gasteiger charge is 2.15. The van der Waals surface area contributed by atoms with Crippen LogP contribution in [0.2, 0.25) is 5.02 Å². The van der Waals surface area contributed by atoms with Gasteiger partial charge in [0.25, 0.3) is 11.6 Å². The predicted molar refractivity (Wildman–Crippen MR) is 98.4 cm³/mol. The summed E-state index contributed by atoms with van der Waals surface area (Å²) in [6.45, 7) is 1.55. The second kappa shape index (κ2) is 8.72. The summed E-state index contributed by atoms with van der Waals surface area (Å²) in [4.78, 5) is 34.3. The van der Waals surface area contributed by atoms with Crippen LogP contribution in [0.15, 0.2) is 53.6 Å². The van der Waals surface area contributed by atoms with Crippen molar-refractivity contribution in [1.82, 2.24) is 5.43 Å². The Balaban J connectivity index is 1.95. The summed E-state index contributed by atoms with van der Waals surface area (Å²) in [6.07, 6.45) is -0.137. The second-order valence-electron chi connectivity index (χ2n) is 5.30. The van der Waals surface area contributed by atoms with Gasteiger partial charge in [-0.1, -0.05) is 29.8 Å². The molecule has 0 aliphatic rings. The number of hydrogen-bond acceptors (Lipinski definition) is 5. The fraction of sp³-hybridized carbons (Fsp3) is 0.118. The summed E-state index contributed by atoms with van der Waals surface area (Å²) < 4.78 is 0. The average Bonchev–Trinajstić information content (AvgIpc) is 2.59. The Bertz CT molecular complexity index is 883. The normalized spacial score (nSPS) is 10.9. The van der Waals surface area contributed by atoms with Crippen LogP contribution in [0.3, 0.4) is 0 Å². The summed E-state index contributed by atoms with van der Waals surface area (Å²) in [5.41, 5.74) is 2.88. The molecule has 8 nitrogen and oxygen atoms in total. The molecule has 0 aromatic heterocycles. The average molecular weight is 375 g/mol. The summed E-state index contributed by atoms with van der Waals surface area (Å²) >= 11 is 5.82. The smallest absolute Gasteiger partial charge is 0.292 e. The molecule has 2 aromatic rings. The molecule has 0 unspecified atom stereocenters. The van der Waals surface area contributed by atoms with Gasteiger partial charge in [-0.15, -0.1) is 0 Å². The van der Waals surface area contributed by atoms with Gasteiger partial charge < -0.3 is 5.32 Å². The number of nitrogens with zero attached hydrogens (tertiary/aromatic N) is 2. The highest BCUT2D eigenvalue weighted by Crippen LogP contribution is 2.23. The quantitative estimate of drug-likeness (QED) is 0.458. The van der Waals surface area contributed by atoms with Crippen molar-refractivity contribution in [3.05, 3.63) is 69.2 Å². The highest BCUT2D eigenvalue weighted by molar-refractivity contribution is 6.31. The van der Waals surface area contributed by atoms with Crippen molar-refractivity contribution in [3.63, 3.8) is 0 Å². The Morgan fingerprint density at radius 3 is 2.62 bits per heavy atom. The van der Waals surface area contributed by atoms with Gasteiger partial charge in [0, 0.05) is 22.4 Å². The lowest BCUT2D eigenvalue weighted by Gasteiger charge is -2.06. The zero-order valence-corrected chi connectivity index (χ0v) is 14.5. The molecule has 2 amide bonds. The molecule has 134 valence electrons. The van der Waals surface area contributed by atoms with E-state index in [0.29, 0.717) is 16.3 Å². The topological polar surface area (TPSA) is 114 Å². The number of carbonyl (C=O) groups excluding carboxylic acids is 2. The molecule has 2 rings (SSSR count). The van der Waals surface area contributed by atoms with Crippen LogP contribution < -0.4 is 10.7 Å². The molecule has 0 bridgehead atoms. The number of nitro benzene ring substituents is 1. The van der Waals surface area contributed by atoms with E-state index < -0.39 is 16.7 Å². The van der Waals surface area contributed by atoms with Crippen molar-refractivity contribution < 1.29 is 14.5 Å². The Hall–Kier alpha value is -3.26. The highest BCUT2D eigenvalue weighted by atomic mass is 35.5. The van der Waals surface area contributed by atoms with Gasteiger partial charge in [0.15, 0.2) is 0 Å². The van der Waals surface area contributed by atoms with Crippen molar-refractivity contribution >= 4 is 40.5 Å². The van der Waals surface area contributed by atoms with E-state index >= 15 is 0 Å². The van der Waals surface area contributed by atoms with Crippen molar-refractivity contribution in [2.45, 2.75) is 13.3 Å². The lowest BCUT2D eigenvalue weighted by Crippen LogP contribution is -2.21. The molecule has 0 aliphatic carbocycles. The fourth-order valence-corrected chi connectivity index (χ4v) is 2.24. The van der Waals surface area contributed by atoms with Crippen LogP contribution in [0.5, 0.6) is 0 Å². The van der Waals surface area contributed by atoms with Crippen molar-refractivity contribution in [2.75, 3.05) is 5.32 Å². The van der Waals surface area contributed by atoms with E-state index in [1.165, 1.54) is 24.3 Å². The van der Waals surface area contributed by atoms with Crippen molar-refractivity contribution in [3.8, 4) is 0 Å². The number of nitro groups is 1. The zero-order chi connectivity index (χ0) is 19.1. The summed E-state index contributed by atoms with van der Waals surface area (Å²) in [7, 11) is 0. The monoisotopic (exact) mass is 374 g/mol. The van der Waals surface area contributed by atoms with Crippen LogP contribution in [0, 0.1) is 10.1 Å². The second-order valence-corrected chi connectivity index (χ2v) is 5.73. The number of hydrazone groups is 1. The molecular formula is C17H15ClN4O4. The third-order valence-corrected chi connectivity index (χ3v) is 3.46. The summed E-state index contributed by atoms with van der Waals surface area (Å²) in [6, 6.07) is 12.1. The van der Waals surface area contributed by atoms with Gasteiger partial charge in [0.2, 0.25) is 5.91 Å². The van der Waals surface area contributed by atoms with Gasteiger partial charge in [-0.3, -0.25) is 19.7 Å². The maximum absolute atomic E-state index is 12.0. The molecule has 0 aliphatic heterocycles. The zero-order valence-electron chi connectivity index (χ0n) is 13.7. The fourth-order valence-electron chi connectivity index (χ4n) is 2.05. The van der Waals surface area contributed by atoms with Crippen LogP contribution in [0.4, 0.5) is 11.4 Å². The Morgan fingerprint density at radius 1 is 1.19 bits per heavy atom. The molecule has 0 spiro atoms. The van der Waals surface area contributed by atoms with Crippen LogP contribution in [0.25, 0.3) is 0 Å².